The van der Waals surface area contributed by atoms with E-state index in [4.69, 9.17) is 0 Å². The molecule has 0 saturated heterocycles. The van der Waals surface area contributed by atoms with E-state index in [0.717, 1.165) is 6.42 Å². The molecule has 38 heavy (non-hydrogen) atoms. The molecule has 0 N–H and O–H groups in total. The second kappa shape index (κ2) is 15.7. The Kier molecular flexibility index (Phi) is 13.0. The van der Waals surface area contributed by atoms with Gasteiger partial charge >= 0.3 is 99.2 Å². The summed E-state index contributed by atoms with van der Waals surface area (Å²) < 4.78 is 1.42. The molecular formula is C34H31Cl2NZr-2. The van der Waals surface area contributed by atoms with E-state index in [1.54, 1.807) is 0 Å². The third-order valence-corrected chi connectivity index (χ3v) is 7.51. The van der Waals surface area contributed by atoms with E-state index in [2.05, 4.69) is 147 Å². The monoisotopic (exact) mass is 613 g/mol. The Hall–Kier alpha value is -2.64. The van der Waals surface area contributed by atoms with Crippen molar-refractivity contribution in [2.75, 3.05) is 19.0 Å². The van der Waals surface area contributed by atoms with Gasteiger partial charge in [-0.25, -0.2) is 11.6 Å². The molecule has 5 aromatic rings. The van der Waals surface area contributed by atoms with E-state index in [1.807, 2.05) is 6.08 Å². The quantitative estimate of drug-likeness (QED) is 0.282. The van der Waals surface area contributed by atoms with Crippen LogP contribution in [0.15, 0.2) is 127 Å². The normalized spacial score (nSPS) is 11.2. The number of rotatable bonds is 3. The number of fused-ring (bicyclic) bond motifs is 3. The first-order valence-electron chi connectivity index (χ1n) is 12.2. The van der Waals surface area contributed by atoms with Crippen LogP contribution in [0.5, 0.6) is 0 Å². The number of nitrogens with zero attached hydrogens (tertiary/aromatic N) is 1. The van der Waals surface area contributed by atoms with E-state index in [1.165, 1.54) is 71.4 Å². The molecule has 0 spiro atoms. The van der Waals surface area contributed by atoms with E-state index < -0.39 is 0 Å². The summed E-state index contributed by atoms with van der Waals surface area (Å²) in [5.74, 6) is 0. The Morgan fingerprint density at radius 3 is 1.79 bits per heavy atom. The molecule has 0 atom stereocenters. The van der Waals surface area contributed by atoms with Crippen LogP contribution in [0.2, 0.25) is 0 Å². The van der Waals surface area contributed by atoms with Gasteiger partial charge in [0.15, 0.2) is 0 Å². The first kappa shape index (κ1) is 31.6. The van der Waals surface area contributed by atoms with Gasteiger partial charge in [0.2, 0.25) is 0 Å². The average Bonchev–Trinajstić information content (AvgIpc) is 3.56. The fourth-order valence-corrected chi connectivity index (χ4v) is 5.06. The molecule has 0 bridgehead atoms. The third kappa shape index (κ3) is 8.18. The van der Waals surface area contributed by atoms with E-state index in [0.29, 0.717) is 0 Å². The van der Waals surface area contributed by atoms with Gasteiger partial charge in [0.25, 0.3) is 0 Å². The minimum atomic E-state index is 0. The predicted molar refractivity (Wildman–Crippen MR) is 154 cm³/mol. The first-order chi connectivity index (χ1) is 17.5. The SMILES string of the molecule is CC1=CC[C-]=C1.CN(C)c1cccc2[cH-]c3ccccc3c12.[Cl-].[Cl-].[Zr+2]=[C](c1ccccc1)c1ccccc1. The van der Waals surface area contributed by atoms with Crippen molar-refractivity contribution in [3.05, 3.63) is 144 Å². The zero-order chi connectivity index (χ0) is 25.3. The Morgan fingerprint density at radius 1 is 0.737 bits per heavy atom. The Morgan fingerprint density at radius 2 is 1.29 bits per heavy atom. The van der Waals surface area contributed by atoms with Crippen molar-refractivity contribution in [1.82, 2.24) is 0 Å². The Labute approximate surface area is 254 Å². The van der Waals surface area contributed by atoms with Crippen LogP contribution in [0.25, 0.3) is 21.5 Å². The van der Waals surface area contributed by atoms with Gasteiger partial charge in [0.1, 0.15) is 0 Å². The predicted octanol–water partition coefficient (Wildman–Crippen LogP) is 2.28. The van der Waals surface area contributed by atoms with E-state index in [-0.39, 0.29) is 24.8 Å². The fraction of sp³-hybridized carbons (Fsp3) is 0.118. The average molecular weight is 616 g/mol. The van der Waals surface area contributed by atoms with Crippen molar-refractivity contribution in [3.63, 3.8) is 0 Å². The molecule has 0 aromatic heterocycles. The molecule has 0 fully saturated rings. The number of anilines is 1. The fourth-order valence-electron chi connectivity index (χ4n) is 4.24. The summed E-state index contributed by atoms with van der Waals surface area (Å²) in [6.45, 7) is 2.08. The Bertz CT molecular complexity index is 1460. The molecule has 0 amide bonds. The van der Waals surface area contributed by atoms with Crippen molar-refractivity contribution in [2.45, 2.75) is 13.3 Å². The summed E-state index contributed by atoms with van der Waals surface area (Å²) in [5, 5.41) is 5.36. The van der Waals surface area contributed by atoms with Crippen LogP contribution in [0, 0.1) is 6.08 Å². The van der Waals surface area contributed by atoms with Crippen molar-refractivity contribution < 1.29 is 49.0 Å². The molecule has 0 unspecified atom stereocenters. The van der Waals surface area contributed by atoms with Crippen LogP contribution in [-0.4, -0.2) is 17.3 Å². The maximum absolute atomic E-state index is 3.05. The van der Waals surface area contributed by atoms with Gasteiger partial charge in [0, 0.05) is 19.8 Å². The third-order valence-electron chi connectivity index (χ3n) is 6.09. The molecule has 0 saturated carbocycles. The summed E-state index contributed by atoms with van der Waals surface area (Å²) in [7, 11) is 4.19. The second-order valence-electron chi connectivity index (χ2n) is 8.98. The number of halogens is 2. The van der Waals surface area contributed by atoms with Gasteiger partial charge in [-0.3, -0.25) is 6.08 Å². The van der Waals surface area contributed by atoms with Crippen molar-refractivity contribution in [1.29, 1.82) is 0 Å². The molecule has 0 heterocycles. The van der Waals surface area contributed by atoms with Crippen LogP contribution >= 0.6 is 0 Å². The molecule has 192 valence electrons. The molecule has 1 aliphatic carbocycles. The number of hydrogen-bond acceptors (Lipinski definition) is 1. The summed E-state index contributed by atoms with van der Waals surface area (Å²) in [4.78, 5) is 2.18. The van der Waals surface area contributed by atoms with Crippen LogP contribution in [0.4, 0.5) is 5.69 Å². The van der Waals surface area contributed by atoms with Gasteiger partial charge in [-0.15, -0.1) is 47.7 Å². The van der Waals surface area contributed by atoms with Gasteiger partial charge in [-0.1, -0.05) is 35.7 Å². The summed E-state index contributed by atoms with van der Waals surface area (Å²) >= 11 is 1.46. The summed E-state index contributed by atoms with van der Waals surface area (Å²) in [6.07, 6.45) is 8.24. The zero-order valence-corrected chi connectivity index (χ0v) is 25.9. The molecule has 0 aliphatic heterocycles. The summed E-state index contributed by atoms with van der Waals surface area (Å²) in [6, 6.07) is 38.4. The molecule has 1 nitrogen and oxygen atoms in total. The van der Waals surface area contributed by atoms with Gasteiger partial charge in [0.05, 0.1) is 0 Å². The molecular weight excluding hydrogens is 585 g/mol. The van der Waals surface area contributed by atoms with Crippen molar-refractivity contribution >= 4 is 30.4 Å². The Balaban J connectivity index is 0.000000212. The van der Waals surface area contributed by atoms with Crippen molar-refractivity contribution in [3.8, 4) is 0 Å². The maximum atomic E-state index is 3.05. The van der Waals surface area contributed by atoms with Crippen LogP contribution in [0.3, 0.4) is 0 Å². The molecule has 4 heteroatoms. The topological polar surface area (TPSA) is 3.24 Å². The molecule has 6 rings (SSSR count). The second-order valence-corrected chi connectivity index (χ2v) is 10.2. The number of allylic oxidation sites excluding steroid dienone is 4. The van der Waals surface area contributed by atoms with E-state index >= 15 is 0 Å². The summed E-state index contributed by atoms with van der Waals surface area (Å²) in [5.41, 5.74) is 5.29. The van der Waals surface area contributed by atoms with Gasteiger partial charge in [-0.2, -0.15) is 6.08 Å². The van der Waals surface area contributed by atoms with Crippen molar-refractivity contribution in [2.24, 2.45) is 0 Å². The van der Waals surface area contributed by atoms with E-state index in [9.17, 15) is 0 Å². The van der Waals surface area contributed by atoms with Crippen LogP contribution in [0.1, 0.15) is 24.5 Å². The standard InChI is InChI=1S/C15H14N.C13H10.C6H7.2ClH.Zr/c1-16(2)14-9-5-7-12-10-11-6-3-4-8-13(11)15(12)14;1-3-7-12(8-4-1)11-13-9-5-2-6-10-13;1-6-4-2-3-5-6;;;/h3-10H,1-2H3;1-10H;4-5H,2H2,1H3;2*1H;/q-1;;-1;;;+2/p-2. The van der Waals surface area contributed by atoms with Gasteiger partial charge < -0.3 is 29.7 Å². The number of hydrogen-bond donors (Lipinski definition) is 0. The first-order valence-corrected chi connectivity index (χ1v) is 13.4. The van der Waals surface area contributed by atoms with Crippen LogP contribution < -0.4 is 29.7 Å². The molecule has 5 aromatic carbocycles. The minimum absolute atomic E-state index is 0. The number of benzene rings is 4. The van der Waals surface area contributed by atoms with Gasteiger partial charge in [-0.05, 0) is 0 Å². The zero-order valence-electron chi connectivity index (χ0n) is 22.0. The van der Waals surface area contributed by atoms with Crippen LogP contribution in [-0.2, 0) is 24.2 Å². The molecule has 1 aliphatic rings. The molecule has 0 radical (unpaired) electrons.